The van der Waals surface area contributed by atoms with Crippen LogP contribution in [0.5, 0.6) is 5.75 Å². The second-order valence-electron chi connectivity index (χ2n) is 6.91. The van der Waals surface area contributed by atoms with Gasteiger partial charge in [0.05, 0.1) is 19.3 Å². The summed E-state index contributed by atoms with van der Waals surface area (Å²) < 4.78 is 7.22. The van der Waals surface area contributed by atoms with Crippen molar-refractivity contribution in [3.05, 3.63) is 71.0 Å². The molecular weight excluding hydrogens is 338 g/mol. The van der Waals surface area contributed by atoms with Crippen molar-refractivity contribution in [2.24, 2.45) is 7.05 Å². The Morgan fingerprint density at radius 3 is 2.59 bits per heavy atom. The summed E-state index contributed by atoms with van der Waals surface area (Å²) in [5.74, 6) is 0.675. The average Bonchev–Trinajstić information content (AvgIpc) is 3.09. The minimum absolute atomic E-state index is 0.0746. The number of methoxy groups -OCH3 is 1. The number of carbonyl (C=O) groups excluding carboxylic acids is 1. The number of ether oxygens (including phenoxy) is 1. The molecule has 5 heteroatoms. The van der Waals surface area contributed by atoms with Gasteiger partial charge in [-0.1, -0.05) is 17.7 Å². The molecule has 3 rings (SSSR count). The van der Waals surface area contributed by atoms with Crippen LogP contribution >= 0.6 is 0 Å². The van der Waals surface area contributed by atoms with Crippen LogP contribution in [0.25, 0.3) is 11.1 Å². The van der Waals surface area contributed by atoms with Crippen molar-refractivity contribution in [1.29, 1.82) is 0 Å². The number of benzene rings is 2. The number of carbonyl (C=O) groups is 1. The van der Waals surface area contributed by atoms with Gasteiger partial charge in [-0.05, 0) is 61.7 Å². The molecule has 1 aromatic heterocycles. The van der Waals surface area contributed by atoms with Crippen molar-refractivity contribution >= 4 is 5.91 Å². The fourth-order valence-electron chi connectivity index (χ4n) is 3.07. The summed E-state index contributed by atoms with van der Waals surface area (Å²) >= 11 is 0. The Hall–Kier alpha value is -3.08. The Morgan fingerprint density at radius 1 is 1.15 bits per heavy atom. The van der Waals surface area contributed by atoms with E-state index < -0.39 is 0 Å². The number of aromatic nitrogens is 2. The van der Waals surface area contributed by atoms with E-state index in [-0.39, 0.29) is 11.9 Å². The van der Waals surface area contributed by atoms with Gasteiger partial charge in [-0.2, -0.15) is 5.10 Å². The smallest absolute Gasteiger partial charge is 0.252 e. The van der Waals surface area contributed by atoms with Gasteiger partial charge in [-0.25, -0.2) is 0 Å². The van der Waals surface area contributed by atoms with Crippen LogP contribution in [0.4, 0.5) is 0 Å². The maximum Gasteiger partial charge on any atom is 0.252 e. The topological polar surface area (TPSA) is 56.1 Å². The number of rotatable bonds is 5. The lowest BCUT2D eigenvalue weighted by Crippen LogP contribution is -2.27. The first-order chi connectivity index (χ1) is 12.9. The molecule has 0 bridgehead atoms. The summed E-state index contributed by atoms with van der Waals surface area (Å²) in [4.78, 5) is 12.8. The molecule has 1 amide bonds. The van der Waals surface area contributed by atoms with Crippen LogP contribution in [0.3, 0.4) is 0 Å². The molecule has 0 saturated carbocycles. The first-order valence-corrected chi connectivity index (χ1v) is 8.93. The highest BCUT2D eigenvalue weighted by molar-refractivity contribution is 5.96. The number of hydrogen-bond donors (Lipinski definition) is 1. The highest BCUT2D eigenvalue weighted by atomic mass is 16.5. The third-order valence-corrected chi connectivity index (χ3v) is 4.69. The van der Waals surface area contributed by atoms with Crippen molar-refractivity contribution < 1.29 is 9.53 Å². The van der Waals surface area contributed by atoms with Crippen molar-refractivity contribution in [3.8, 4) is 16.9 Å². The molecule has 2 aromatic carbocycles. The molecule has 1 heterocycles. The summed E-state index contributed by atoms with van der Waals surface area (Å²) in [6, 6.07) is 11.7. The Morgan fingerprint density at radius 2 is 1.93 bits per heavy atom. The van der Waals surface area contributed by atoms with E-state index in [1.807, 2.05) is 70.5 Å². The van der Waals surface area contributed by atoms with Crippen LogP contribution in [0.15, 0.2) is 48.8 Å². The van der Waals surface area contributed by atoms with Gasteiger partial charge in [-0.15, -0.1) is 0 Å². The Kier molecular flexibility index (Phi) is 5.31. The Labute approximate surface area is 160 Å². The zero-order valence-corrected chi connectivity index (χ0v) is 16.4. The number of nitrogens with one attached hydrogen (secondary N) is 1. The number of nitrogens with zero attached hydrogens (tertiary/aromatic N) is 2. The average molecular weight is 363 g/mol. The molecule has 0 radical (unpaired) electrons. The molecule has 1 N–H and O–H groups in total. The first-order valence-electron chi connectivity index (χ1n) is 8.93. The minimum Gasteiger partial charge on any atom is -0.497 e. The van der Waals surface area contributed by atoms with Crippen LogP contribution in [0, 0.1) is 13.8 Å². The van der Waals surface area contributed by atoms with Crippen LogP contribution in [-0.2, 0) is 7.05 Å². The predicted octanol–water partition coefficient (Wildman–Crippen LogP) is 4.20. The molecule has 0 aliphatic carbocycles. The van der Waals surface area contributed by atoms with Crippen molar-refractivity contribution in [1.82, 2.24) is 15.1 Å². The largest absolute Gasteiger partial charge is 0.497 e. The molecule has 0 fully saturated rings. The lowest BCUT2D eigenvalue weighted by Gasteiger charge is -2.17. The van der Waals surface area contributed by atoms with E-state index in [0.29, 0.717) is 5.56 Å². The van der Waals surface area contributed by atoms with E-state index in [0.717, 1.165) is 33.6 Å². The predicted molar refractivity (Wildman–Crippen MR) is 107 cm³/mol. The summed E-state index contributed by atoms with van der Waals surface area (Å²) in [5.41, 5.74) is 5.73. The van der Waals surface area contributed by atoms with Crippen molar-refractivity contribution in [3.63, 3.8) is 0 Å². The second-order valence-corrected chi connectivity index (χ2v) is 6.91. The molecule has 5 nitrogen and oxygen atoms in total. The van der Waals surface area contributed by atoms with Crippen LogP contribution in [0.1, 0.15) is 40.0 Å². The third kappa shape index (κ3) is 4.19. The molecule has 140 valence electrons. The van der Waals surface area contributed by atoms with E-state index in [1.54, 1.807) is 11.8 Å². The molecule has 3 aromatic rings. The van der Waals surface area contributed by atoms with Gasteiger partial charge in [0.2, 0.25) is 0 Å². The van der Waals surface area contributed by atoms with Crippen molar-refractivity contribution in [2.45, 2.75) is 26.8 Å². The SMILES string of the molecule is COc1cc(-c2cnn(C)c2)cc(C(C)NC(=O)c2cc(C)ccc2C)c1. The third-order valence-electron chi connectivity index (χ3n) is 4.69. The van der Waals surface area contributed by atoms with E-state index >= 15 is 0 Å². The lowest BCUT2D eigenvalue weighted by atomic mass is 10.00. The molecular formula is C22H25N3O2. The summed E-state index contributed by atoms with van der Waals surface area (Å²) in [6.07, 6.45) is 3.77. The number of hydrogen-bond acceptors (Lipinski definition) is 3. The van der Waals surface area contributed by atoms with Gasteiger partial charge in [0.1, 0.15) is 5.75 Å². The Bertz CT molecular complexity index is 975. The summed E-state index contributed by atoms with van der Waals surface area (Å²) in [5, 5.41) is 7.34. The quantitative estimate of drug-likeness (QED) is 0.739. The van der Waals surface area contributed by atoms with Crippen LogP contribution in [0.2, 0.25) is 0 Å². The van der Waals surface area contributed by atoms with E-state index in [1.165, 1.54) is 0 Å². The highest BCUT2D eigenvalue weighted by Gasteiger charge is 2.16. The standard InChI is InChI=1S/C22H25N3O2/c1-14-6-7-15(2)21(8-14)22(26)24-16(3)17-9-18(11-20(10-17)27-5)19-12-23-25(4)13-19/h6-13,16H,1-5H3,(H,24,26). The van der Waals surface area contributed by atoms with E-state index in [4.69, 9.17) is 4.74 Å². The van der Waals surface area contributed by atoms with E-state index in [9.17, 15) is 4.79 Å². The normalized spacial score (nSPS) is 11.9. The highest BCUT2D eigenvalue weighted by Crippen LogP contribution is 2.29. The number of aryl methyl sites for hydroxylation is 3. The maximum atomic E-state index is 12.8. The van der Waals surface area contributed by atoms with Gasteiger partial charge in [0.15, 0.2) is 0 Å². The zero-order chi connectivity index (χ0) is 19.6. The molecule has 1 unspecified atom stereocenters. The molecule has 27 heavy (non-hydrogen) atoms. The fourth-order valence-corrected chi connectivity index (χ4v) is 3.07. The van der Waals surface area contributed by atoms with E-state index in [2.05, 4.69) is 16.5 Å². The fraction of sp³-hybridized carbons (Fsp3) is 0.273. The molecule has 0 spiro atoms. The summed E-state index contributed by atoms with van der Waals surface area (Å²) in [6.45, 7) is 5.91. The van der Waals surface area contributed by atoms with Crippen molar-refractivity contribution in [2.75, 3.05) is 7.11 Å². The summed E-state index contributed by atoms with van der Waals surface area (Å²) in [7, 11) is 3.53. The number of amides is 1. The monoisotopic (exact) mass is 363 g/mol. The lowest BCUT2D eigenvalue weighted by molar-refractivity contribution is 0.0939. The maximum absolute atomic E-state index is 12.8. The second kappa shape index (κ2) is 7.66. The Balaban J connectivity index is 1.88. The zero-order valence-electron chi connectivity index (χ0n) is 16.4. The van der Waals surface area contributed by atoms with Crippen LogP contribution in [-0.4, -0.2) is 22.8 Å². The van der Waals surface area contributed by atoms with Gasteiger partial charge >= 0.3 is 0 Å². The molecule has 1 atom stereocenters. The van der Waals surface area contributed by atoms with Gasteiger partial charge < -0.3 is 10.1 Å². The minimum atomic E-state index is -0.164. The van der Waals surface area contributed by atoms with Gasteiger partial charge in [0, 0.05) is 24.4 Å². The van der Waals surface area contributed by atoms with Gasteiger partial charge in [-0.3, -0.25) is 9.48 Å². The van der Waals surface area contributed by atoms with Crippen LogP contribution < -0.4 is 10.1 Å². The molecule has 0 aliphatic heterocycles. The molecule has 0 aliphatic rings. The molecule has 0 saturated heterocycles. The first kappa shape index (κ1) is 18.7. The van der Waals surface area contributed by atoms with Gasteiger partial charge in [0.25, 0.3) is 5.91 Å².